The molecule has 8 heteroatoms. The molecule has 100 valence electrons. The van der Waals surface area contributed by atoms with E-state index >= 15 is 0 Å². The summed E-state index contributed by atoms with van der Waals surface area (Å²) >= 11 is 0. The molecular formula is C10H17N5O3. The SMILES string of the molecule is CC[C@@H](C)NC(=O)CN1C(=O)N[C@H]2NC(=O)N[C@H]21. The lowest BCUT2D eigenvalue weighted by molar-refractivity contribution is -0.122. The first-order valence-corrected chi connectivity index (χ1v) is 5.94. The summed E-state index contributed by atoms with van der Waals surface area (Å²) in [5.74, 6) is -0.235. The van der Waals surface area contributed by atoms with Crippen molar-refractivity contribution in [3.8, 4) is 0 Å². The molecule has 0 radical (unpaired) electrons. The van der Waals surface area contributed by atoms with Crippen LogP contribution >= 0.6 is 0 Å². The van der Waals surface area contributed by atoms with Crippen molar-refractivity contribution in [1.29, 1.82) is 0 Å². The number of amides is 5. The number of nitrogens with zero attached hydrogens (tertiary/aromatic N) is 1. The minimum atomic E-state index is -0.507. The van der Waals surface area contributed by atoms with Gasteiger partial charge in [-0.3, -0.25) is 9.69 Å². The number of hydrogen-bond donors (Lipinski definition) is 4. The molecule has 2 aliphatic rings. The Kier molecular flexibility index (Phi) is 3.26. The normalized spacial score (nSPS) is 27.1. The molecule has 2 heterocycles. The number of hydrogen-bond acceptors (Lipinski definition) is 3. The average Bonchev–Trinajstić information content (AvgIpc) is 2.77. The molecule has 2 saturated heterocycles. The summed E-state index contributed by atoms with van der Waals surface area (Å²) in [7, 11) is 0. The van der Waals surface area contributed by atoms with Gasteiger partial charge in [-0.1, -0.05) is 6.92 Å². The second-order valence-electron chi connectivity index (χ2n) is 4.49. The summed E-state index contributed by atoms with van der Waals surface area (Å²) in [6.45, 7) is 3.79. The maximum Gasteiger partial charge on any atom is 0.321 e. The number of rotatable bonds is 4. The number of fused-ring (bicyclic) bond motifs is 1. The fourth-order valence-electron chi connectivity index (χ4n) is 1.94. The minimum Gasteiger partial charge on any atom is -0.352 e. The van der Waals surface area contributed by atoms with E-state index in [1.54, 1.807) is 0 Å². The lowest BCUT2D eigenvalue weighted by atomic mass is 10.2. The zero-order valence-corrected chi connectivity index (χ0v) is 10.3. The molecule has 8 nitrogen and oxygen atoms in total. The molecule has 3 atom stereocenters. The molecule has 0 aliphatic carbocycles. The first-order chi connectivity index (χ1) is 8.51. The lowest BCUT2D eigenvalue weighted by Crippen LogP contribution is -2.49. The van der Waals surface area contributed by atoms with Gasteiger partial charge in [0.25, 0.3) is 0 Å². The van der Waals surface area contributed by atoms with E-state index in [1.807, 2.05) is 13.8 Å². The van der Waals surface area contributed by atoms with Crippen molar-refractivity contribution in [1.82, 2.24) is 26.2 Å². The Morgan fingerprint density at radius 2 is 2.11 bits per heavy atom. The molecule has 2 rings (SSSR count). The highest BCUT2D eigenvalue weighted by Gasteiger charge is 2.45. The van der Waals surface area contributed by atoms with Crippen molar-refractivity contribution in [2.75, 3.05) is 6.54 Å². The molecule has 0 bridgehead atoms. The Bertz CT molecular complexity index is 386. The van der Waals surface area contributed by atoms with Crippen molar-refractivity contribution in [2.24, 2.45) is 0 Å². The van der Waals surface area contributed by atoms with Crippen molar-refractivity contribution >= 4 is 18.0 Å². The molecule has 4 N–H and O–H groups in total. The Hall–Kier alpha value is -1.99. The molecule has 18 heavy (non-hydrogen) atoms. The maximum atomic E-state index is 11.7. The highest BCUT2D eigenvalue weighted by molar-refractivity contribution is 5.88. The summed E-state index contributed by atoms with van der Waals surface area (Å²) in [4.78, 5) is 35.8. The molecule has 5 amide bonds. The van der Waals surface area contributed by atoms with Gasteiger partial charge in [-0.05, 0) is 13.3 Å². The summed E-state index contributed by atoms with van der Waals surface area (Å²) in [5.41, 5.74) is 0. The largest absolute Gasteiger partial charge is 0.352 e. The van der Waals surface area contributed by atoms with E-state index in [2.05, 4.69) is 21.3 Å². The molecule has 0 unspecified atom stereocenters. The van der Waals surface area contributed by atoms with Crippen LogP contribution in [0.4, 0.5) is 9.59 Å². The van der Waals surface area contributed by atoms with Crippen LogP contribution in [0.3, 0.4) is 0 Å². The predicted octanol–water partition coefficient (Wildman–Crippen LogP) is -1.11. The summed E-state index contributed by atoms with van der Waals surface area (Å²) in [5, 5.41) is 10.5. The minimum absolute atomic E-state index is 0.0651. The average molecular weight is 255 g/mol. The van der Waals surface area contributed by atoms with E-state index in [-0.39, 0.29) is 30.6 Å². The smallest absolute Gasteiger partial charge is 0.321 e. The zero-order valence-electron chi connectivity index (χ0n) is 10.3. The van der Waals surface area contributed by atoms with Crippen LogP contribution in [0.5, 0.6) is 0 Å². The van der Waals surface area contributed by atoms with Crippen LogP contribution < -0.4 is 21.3 Å². The molecule has 0 aromatic rings. The van der Waals surface area contributed by atoms with Gasteiger partial charge in [-0.2, -0.15) is 0 Å². The molecular weight excluding hydrogens is 238 g/mol. The Labute approximate surface area is 104 Å². The second-order valence-corrected chi connectivity index (χ2v) is 4.49. The van der Waals surface area contributed by atoms with Crippen LogP contribution in [-0.4, -0.2) is 47.8 Å². The van der Waals surface area contributed by atoms with Crippen LogP contribution in [-0.2, 0) is 4.79 Å². The standard InChI is InChI=1S/C10H17N5O3/c1-3-5(2)11-6(16)4-15-8-7(13-10(15)18)12-9(17)14-8/h5,7-8H,3-4H2,1-2H3,(H,11,16)(H,13,18)(H2,12,14,17)/t5-,7-,8+/m1/s1. The van der Waals surface area contributed by atoms with E-state index in [4.69, 9.17) is 0 Å². The quantitative estimate of drug-likeness (QED) is 0.512. The van der Waals surface area contributed by atoms with Gasteiger partial charge >= 0.3 is 12.1 Å². The fraction of sp³-hybridized carbons (Fsp3) is 0.700. The van der Waals surface area contributed by atoms with Crippen LogP contribution in [0.25, 0.3) is 0 Å². The maximum absolute atomic E-state index is 11.7. The number of carbonyl (C=O) groups is 3. The van der Waals surface area contributed by atoms with E-state index in [9.17, 15) is 14.4 Å². The van der Waals surface area contributed by atoms with Gasteiger partial charge in [0.15, 0.2) is 0 Å². The van der Waals surface area contributed by atoms with Gasteiger partial charge in [-0.25, -0.2) is 9.59 Å². The first kappa shape index (κ1) is 12.5. The highest BCUT2D eigenvalue weighted by atomic mass is 16.2. The van der Waals surface area contributed by atoms with Gasteiger partial charge in [0.05, 0.1) is 0 Å². The van der Waals surface area contributed by atoms with Gasteiger partial charge < -0.3 is 21.3 Å². The number of urea groups is 2. The molecule has 2 aliphatic heterocycles. The highest BCUT2D eigenvalue weighted by Crippen LogP contribution is 2.13. The summed E-state index contributed by atoms with van der Waals surface area (Å²) < 4.78 is 0. The van der Waals surface area contributed by atoms with Crippen molar-refractivity contribution in [2.45, 2.75) is 38.6 Å². The number of carbonyl (C=O) groups excluding carboxylic acids is 3. The van der Waals surface area contributed by atoms with Gasteiger partial charge in [0.2, 0.25) is 5.91 Å². The van der Waals surface area contributed by atoms with Crippen LogP contribution in [0, 0.1) is 0 Å². The third-order valence-corrected chi connectivity index (χ3v) is 3.09. The third kappa shape index (κ3) is 2.31. The molecule has 2 fully saturated rings. The van der Waals surface area contributed by atoms with E-state index < -0.39 is 12.3 Å². The van der Waals surface area contributed by atoms with E-state index in [0.29, 0.717) is 0 Å². The van der Waals surface area contributed by atoms with Crippen LogP contribution in [0.15, 0.2) is 0 Å². The van der Waals surface area contributed by atoms with Crippen molar-refractivity contribution in [3.05, 3.63) is 0 Å². The van der Waals surface area contributed by atoms with Crippen molar-refractivity contribution < 1.29 is 14.4 Å². The monoisotopic (exact) mass is 255 g/mol. The number of nitrogens with one attached hydrogen (secondary N) is 4. The molecule has 0 spiro atoms. The third-order valence-electron chi connectivity index (χ3n) is 3.09. The van der Waals surface area contributed by atoms with Gasteiger partial charge in [0.1, 0.15) is 18.9 Å². The zero-order chi connectivity index (χ0) is 13.3. The second kappa shape index (κ2) is 4.71. The first-order valence-electron chi connectivity index (χ1n) is 5.94. The van der Waals surface area contributed by atoms with Crippen LogP contribution in [0.2, 0.25) is 0 Å². The molecule has 0 aromatic carbocycles. The van der Waals surface area contributed by atoms with Crippen molar-refractivity contribution in [3.63, 3.8) is 0 Å². The summed E-state index contributed by atoms with van der Waals surface area (Å²) in [6, 6.07) is -0.649. The Morgan fingerprint density at radius 1 is 1.39 bits per heavy atom. The van der Waals surface area contributed by atoms with Gasteiger partial charge in [-0.15, -0.1) is 0 Å². The van der Waals surface area contributed by atoms with E-state index in [0.717, 1.165) is 6.42 Å². The van der Waals surface area contributed by atoms with E-state index in [1.165, 1.54) is 4.90 Å². The Balaban J connectivity index is 1.94. The lowest BCUT2D eigenvalue weighted by Gasteiger charge is -2.21. The summed E-state index contributed by atoms with van der Waals surface area (Å²) in [6.07, 6.45) is -0.156. The topological polar surface area (TPSA) is 103 Å². The molecule has 0 aromatic heterocycles. The van der Waals surface area contributed by atoms with Gasteiger partial charge in [0, 0.05) is 6.04 Å². The fourth-order valence-corrected chi connectivity index (χ4v) is 1.94. The molecule has 0 saturated carbocycles. The Morgan fingerprint density at radius 3 is 2.78 bits per heavy atom. The van der Waals surface area contributed by atoms with Crippen LogP contribution in [0.1, 0.15) is 20.3 Å². The predicted molar refractivity (Wildman–Crippen MR) is 62.4 cm³/mol.